The van der Waals surface area contributed by atoms with Crippen molar-refractivity contribution in [2.24, 2.45) is 0 Å². The summed E-state index contributed by atoms with van der Waals surface area (Å²) < 4.78 is 14.7. The van der Waals surface area contributed by atoms with Crippen LogP contribution in [0.25, 0.3) is 11.1 Å². The predicted molar refractivity (Wildman–Crippen MR) is 110 cm³/mol. The number of carbonyl (C=O) groups excluding carboxylic acids is 3. The van der Waals surface area contributed by atoms with Gasteiger partial charge in [-0.25, -0.2) is 9.59 Å². The van der Waals surface area contributed by atoms with Crippen molar-refractivity contribution in [2.75, 3.05) is 18.5 Å². The molecule has 3 aromatic rings. The summed E-state index contributed by atoms with van der Waals surface area (Å²) in [6.07, 6.45) is 0. The Balaban J connectivity index is 1.71. The molecule has 10 nitrogen and oxygen atoms in total. The van der Waals surface area contributed by atoms with Crippen molar-refractivity contribution in [3.8, 4) is 11.1 Å². The van der Waals surface area contributed by atoms with E-state index in [1.54, 1.807) is 12.3 Å². The van der Waals surface area contributed by atoms with Crippen molar-refractivity contribution in [1.82, 2.24) is 0 Å². The summed E-state index contributed by atoms with van der Waals surface area (Å²) in [4.78, 5) is 46.5. The number of ether oxygens (including phenoxy) is 2. The molecular formula is C20H16N2O8S. The highest BCUT2D eigenvalue weighted by molar-refractivity contribution is 7.15. The number of nitrogens with zero attached hydrogens (tertiary/aromatic N) is 1. The van der Waals surface area contributed by atoms with E-state index in [4.69, 9.17) is 13.9 Å². The van der Waals surface area contributed by atoms with Crippen molar-refractivity contribution < 1.29 is 33.2 Å². The maximum atomic E-state index is 12.5. The third-order valence-corrected chi connectivity index (χ3v) is 4.81. The molecule has 11 heteroatoms. The number of benzene rings is 1. The number of amides is 1. The summed E-state index contributed by atoms with van der Waals surface area (Å²) >= 11 is 1.12. The fraction of sp³-hybridized carbons (Fsp3) is 0.150. The predicted octanol–water partition coefficient (Wildman–Crippen LogP) is 3.89. The van der Waals surface area contributed by atoms with Gasteiger partial charge in [0.25, 0.3) is 5.91 Å². The maximum absolute atomic E-state index is 12.5. The molecule has 0 saturated carbocycles. The average molecular weight is 444 g/mol. The lowest BCUT2D eigenvalue weighted by molar-refractivity contribution is -0.402. The van der Waals surface area contributed by atoms with Gasteiger partial charge in [-0.2, -0.15) is 0 Å². The summed E-state index contributed by atoms with van der Waals surface area (Å²) in [5, 5.41) is 15.1. The van der Waals surface area contributed by atoms with Crippen molar-refractivity contribution in [3.63, 3.8) is 0 Å². The number of hydrogen-bond acceptors (Lipinski definition) is 9. The van der Waals surface area contributed by atoms with E-state index in [1.165, 1.54) is 0 Å². The van der Waals surface area contributed by atoms with Crippen LogP contribution in [0.2, 0.25) is 0 Å². The first-order valence-electron chi connectivity index (χ1n) is 8.96. The highest BCUT2D eigenvalue weighted by Crippen LogP contribution is 2.36. The number of nitrogens with one attached hydrogen (secondary N) is 1. The van der Waals surface area contributed by atoms with Crippen LogP contribution < -0.4 is 5.32 Å². The third kappa shape index (κ3) is 5.14. The van der Waals surface area contributed by atoms with E-state index in [-0.39, 0.29) is 17.2 Å². The van der Waals surface area contributed by atoms with Gasteiger partial charge in [0.1, 0.15) is 15.5 Å². The monoisotopic (exact) mass is 444 g/mol. The Hall–Kier alpha value is -3.99. The van der Waals surface area contributed by atoms with E-state index < -0.39 is 41.0 Å². The zero-order chi connectivity index (χ0) is 22.4. The van der Waals surface area contributed by atoms with E-state index in [2.05, 4.69) is 5.32 Å². The molecule has 31 heavy (non-hydrogen) atoms. The Labute approximate surface area is 179 Å². The van der Waals surface area contributed by atoms with E-state index in [0.717, 1.165) is 29.0 Å². The van der Waals surface area contributed by atoms with Crippen LogP contribution in [0.4, 0.5) is 10.9 Å². The molecule has 0 aliphatic rings. The van der Waals surface area contributed by atoms with E-state index in [0.29, 0.717) is 5.56 Å². The van der Waals surface area contributed by atoms with Crippen molar-refractivity contribution in [2.45, 2.75) is 6.92 Å². The number of thiophene rings is 1. The van der Waals surface area contributed by atoms with Gasteiger partial charge in [0.05, 0.1) is 12.7 Å². The van der Waals surface area contributed by atoms with Crippen LogP contribution in [-0.4, -0.2) is 36.0 Å². The first-order chi connectivity index (χ1) is 14.9. The highest BCUT2D eigenvalue weighted by Gasteiger charge is 2.24. The molecule has 160 valence electrons. The minimum absolute atomic E-state index is 0.156. The van der Waals surface area contributed by atoms with Crippen LogP contribution in [-0.2, 0) is 14.3 Å². The molecule has 0 spiro atoms. The Morgan fingerprint density at radius 1 is 1.10 bits per heavy atom. The summed E-state index contributed by atoms with van der Waals surface area (Å²) in [7, 11) is 0. The molecule has 0 fully saturated rings. The zero-order valence-corrected chi connectivity index (χ0v) is 17.0. The molecule has 3 rings (SSSR count). The average Bonchev–Trinajstić information content (AvgIpc) is 3.41. The first kappa shape index (κ1) is 21.7. The lowest BCUT2D eigenvalue weighted by Gasteiger charge is -2.09. The molecule has 0 radical (unpaired) electrons. The van der Waals surface area contributed by atoms with Crippen molar-refractivity contribution in [1.29, 1.82) is 0 Å². The van der Waals surface area contributed by atoms with Gasteiger partial charge in [-0.3, -0.25) is 14.9 Å². The van der Waals surface area contributed by atoms with Crippen LogP contribution >= 0.6 is 11.3 Å². The fourth-order valence-corrected chi connectivity index (χ4v) is 3.56. The molecule has 0 bridgehead atoms. The molecule has 0 unspecified atom stereocenters. The molecule has 1 amide bonds. The fourth-order valence-electron chi connectivity index (χ4n) is 2.59. The minimum Gasteiger partial charge on any atom is -0.462 e. The van der Waals surface area contributed by atoms with Gasteiger partial charge in [0.15, 0.2) is 6.61 Å². The minimum atomic E-state index is -1.04. The number of esters is 2. The Morgan fingerprint density at radius 3 is 2.48 bits per heavy atom. The number of hydrogen-bond donors (Lipinski definition) is 1. The largest absolute Gasteiger partial charge is 0.462 e. The van der Waals surface area contributed by atoms with E-state index >= 15 is 0 Å². The molecule has 1 N–H and O–H groups in total. The number of carbonyl (C=O) groups is 3. The molecule has 2 aromatic heterocycles. The molecular weight excluding hydrogens is 428 g/mol. The van der Waals surface area contributed by atoms with Crippen molar-refractivity contribution in [3.05, 3.63) is 69.3 Å². The topological polar surface area (TPSA) is 138 Å². The molecule has 0 saturated heterocycles. The molecule has 0 atom stereocenters. The Bertz CT molecular complexity index is 1120. The molecule has 0 aliphatic heterocycles. The van der Waals surface area contributed by atoms with Gasteiger partial charge < -0.3 is 19.2 Å². The number of nitro groups is 1. The maximum Gasteiger partial charge on any atom is 0.433 e. The van der Waals surface area contributed by atoms with Crippen LogP contribution in [0.1, 0.15) is 27.8 Å². The van der Waals surface area contributed by atoms with Gasteiger partial charge in [-0.15, -0.1) is 11.3 Å². The lowest BCUT2D eigenvalue weighted by Crippen LogP contribution is -2.21. The van der Waals surface area contributed by atoms with Gasteiger partial charge in [-0.05, 0) is 18.6 Å². The van der Waals surface area contributed by atoms with Gasteiger partial charge in [0, 0.05) is 10.9 Å². The summed E-state index contributed by atoms with van der Waals surface area (Å²) in [5.41, 5.74) is 1.56. The van der Waals surface area contributed by atoms with Crippen LogP contribution in [0.5, 0.6) is 0 Å². The second kappa shape index (κ2) is 9.67. The number of anilines is 1. The molecule has 1 aromatic carbocycles. The van der Waals surface area contributed by atoms with E-state index in [9.17, 15) is 24.5 Å². The summed E-state index contributed by atoms with van der Waals surface area (Å²) in [6, 6.07) is 11.2. The Kier molecular flexibility index (Phi) is 6.78. The SMILES string of the molecule is CCOC(=O)c1c(-c2ccccc2)csc1NC(=O)COC(=O)c1ccc([N+](=O)[O-])o1. The normalized spacial score (nSPS) is 10.4. The molecule has 0 aliphatic carbocycles. The van der Waals surface area contributed by atoms with Gasteiger partial charge in [-0.1, -0.05) is 30.3 Å². The summed E-state index contributed by atoms with van der Waals surface area (Å²) in [5.74, 6) is -3.37. The number of rotatable bonds is 8. The van der Waals surface area contributed by atoms with Crippen LogP contribution in [0.15, 0.2) is 52.3 Å². The van der Waals surface area contributed by atoms with Crippen molar-refractivity contribution >= 4 is 40.1 Å². The second-order valence-electron chi connectivity index (χ2n) is 5.96. The van der Waals surface area contributed by atoms with E-state index in [1.807, 2.05) is 30.3 Å². The second-order valence-corrected chi connectivity index (χ2v) is 6.84. The Morgan fingerprint density at radius 2 is 1.84 bits per heavy atom. The van der Waals surface area contributed by atoms with Gasteiger partial charge in [0.2, 0.25) is 5.76 Å². The smallest absolute Gasteiger partial charge is 0.433 e. The highest BCUT2D eigenvalue weighted by atomic mass is 32.1. The van der Waals surface area contributed by atoms with Crippen LogP contribution in [0.3, 0.4) is 0 Å². The standard InChI is InChI=1S/C20H16N2O8S/c1-2-28-20(25)17-13(12-6-4-3-5-7-12)11-31-18(17)21-15(23)10-29-19(24)14-8-9-16(30-14)22(26)27/h3-9,11H,2,10H2,1H3,(H,21,23). The van der Waals surface area contributed by atoms with Crippen LogP contribution in [0, 0.1) is 10.1 Å². The van der Waals surface area contributed by atoms with Gasteiger partial charge >= 0.3 is 17.8 Å². The number of furan rings is 1. The third-order valence-electron chi connectivity index (χ3n) is 3.92. The molecule has 2 heterocycles. The summed E-state index contributed by atoms with van der Waals surface area (Å²) in [6.45, 7) is 1.14. The lowest BCUT2D eigenvalue weighted by atomic mass is 10.0. The quantitative estimate of drug-likeness (QED) is 0.314. The zero-order valence-electron chi connectivity index (χ0n) is 16.2. The first-order valence-corrected chi connectivity index (χ1v) is 9.84.